The van der Waals surface area contributed by atoms with E-state index in [9.17, 15) is 0 Å². The molecule has 0 aromatic heterocycles. The van der Waals surface area contributed by atoms with E-state index < -0.39 is 0 Å². The van der Waals surface area contributed by atoms with Gasteiger partial charge in [-0.15, -0.1) is 0 Å². The Morgan fingerprint density at radius 1 is 1.09 bits per heavy atom. The fraction of sp³-hybridized carbons (Fsp3) is 0.524. The molecule has 1 aliphatic rings. The number of unbranched alkanes of at least 4 members (excludes halogenated alkanes) is 2. The lowest BCUT2D eigenvalue weighted by Gasteiger charge is -2.26. The Bertz CT molecular complexity index is 507. The first-order chi connectivity index (χ1) is 10.8. The maximum Gasteiger partial charge on any atom is 0.0406 e. The van der Waals surface area contributed by atoms with Crippen LogP contribution in [-0.2, 0) is 0 Å². The van der Waals surface area contributed by atoms with Crippen molar-refractivity contribution in [3.63, 3.8) is 0 Å². The lowest BCUT2D eigenvalue weighted by atomic mass is 9.79. The molecule has 0 heterocycles. The Kier molecular flexibility index (Phi) is 7.61. The summed E-state index contributed by atoms with van der Waals surface area (Å²) >= 11 is 5.86. The molecule has 22 heavy (non-hydrogen) atoms. The Hall–Kier alpha value is -1.19. The second-order valence-corrected chi connectivity index (χ2v) is 6.85. The van der Waals surface area contributed by atoms with Crippen molar-refractivity contribution in [2.45, 2.75) is 58.3 Å². The molecule has 0 unspecified atom stereocenters. The summed E-state index contributed by atoms with van der Waals surface area (Å²) in [4.78, 5) is 0. The Labute approximate surface area is 141 Å². The van der Waals surface area contributed by atoms with Crippen LogP contribution in [0.1, 0.15) is 63.9 Å². The summed E-state index contributed by atoms with van der Waals surface area (Å²) in [5.74, 6) is 8.03. The highest BCUT2D eigenvalue weighted by molar-refractivity contribution is 6.30. The predicted molar refractivity (Wildman–Crippen MR) is 97.1 cm³/mol. The molecule has 0 N–H and O–H groups in total. The molecule has 0 atom stereocenters. The summed E-state index contributed by atoms with van der Waals surface area (Å²) in [5.41, 5.74) is 1.02. The molecule has 1 heteroatoms. The number of hydrogen-bond acceptors (Lipinski definition) is 0. The van der Waals surface area contributed by atoms with Crippen LogP contribution in [0.5, 0.6) is 0 Å². The Balaban J connectivity index is 1.71. The van der Waals surface area contributed by atoms with Gasteiger partial charge in [0.1, 0.15) is 0 Å². The zero-order valence-electron chi connectivity index (χ0n) is 13.7. The summed E-state index contributed by atoms with van der Waals surface area (Å²) in [6.07, 6.45) is 15.5. The van der Waals surface area contributed by atoms with Crippen molar-refractivity contribution in [2.24, 2.45) is 11.8 Å². The van der Waals surface area contributed by atoms with Crippen LogP contribution in [0.4, 0.5) is 0 Å². The van der Waals surface area contributed by atoms with Crippen LogP contribution < -0.4 is 0 Å². The molecule has 0 amide bonds. The monoisotopic (exact) mass is 314 g/mol. The van der Waals surface area contributed by atoms with Crippen molar-refractivity contribution in [1.29, 1.82) is 0 Å². The van der Waals surface area contributed by atoms with E-state index in [0.29, 0.717) is 0 Å². The van der Waals surface area contributed by atoms with Crippen molar-refractivity contribution in [1.82, 2.24) is 0 Å². The molecule has 0 bridgehead atoms. The molecule has 0 radical (unpaired) electrons. The maximum atomic E-state index is 5.86. The van der Waals surface area contributed by atoms with Crippen LogP contribution in [-0.4, -0.2) is 0 Å². The summed E-state index contributed by atoms with van der Waals surface area (Å²) < 4.78 is 0. The quantitative estimate of drug-likeness (QED) is 0.422. The standard InChI is InChI=1S/C21H27Cl/c1-2-3-4-7-18-10-12-19(13-11-18)8-5-6-9-20-14-16-21(22)17-15-20/h5,8,14-19H,2-4,7,10-13H2,1H3. The van der Waals surface area contributed by atoms with Gasteiger partial charge in [0.25, 0.3) is 0 Å². The molecule has 1 fully saturated rings. The van der Waals surface area contributed by atoms with Gasteiger partial charge < -0.3 is 0 Å². The van der Waals surface area contributed by atoms with Crippen molar-refractivity contribution < 1.29 is 0 Å². The fourth-order valence-electron chi connectivity index (χ4n) is 3.19. The second-order valence-electron chi connectivity index (χ2n) is 6.41. The molecular formula is C21H27Cl. The van der Waals surface area contributed by atoms with Gasteiger partial charge in [-0.25, -0.2) is 0 Å². The van der Waals surface area contributed by atoms with E-state index in [-0.39, 0.29) is 0 Å². The highest BCUT2D eigenvalue weighted by atomic mass is 35.5. The minimum absolute atomic E-state index is 0.738. The van der Waals surface area contributed by atoms with Gasteiger partial charge in [-0.3, -0.25) is 0 Å². The van der Waals surface area contributed by atoms with Crippen LogP contribution >= 0.6 is 11.6 Å². The third-order valence-electron chi connectivity index (χ3n) is 4.62. The zero-order valence-corrected chi connectivity index (χ0v) is 14.4. The van der Waals surface area contributed by atoms with Crippen LogP contribution in [0.25, 0.3) is 0 Å². The first-order valence-corrected chi connectivity index (χ1v) is 9.09. The Morgan fingerprint density at radius 2 is 1.82 bits per heavy atom. The molecule has 0 aliphatic heterocycles. The number of allylic oxidation sites excluding steroid dienone is 2. The lowest BCUT2D eigenvalue weighted by Crippen LogP contribution is -2.12. The summed E-state index contributed by atoms with van der Waals surface area (Å²) in [6, 6.07) is 7.69. The van der Waals surface area contributed by atoms with Crippen LogP contribution in [0.3, 0.4) is 0 Å². The molecule has 118 valence electrons. The molecule has 0 spiro atoms. The van der Waals surface area contributed by atoms with E-state index in [0.717, 1.165) is 22.4 Å². The number of halogens is 1. The maximum absolute atomic E-state index is 5.86. The minimum atomic E-state index is 0.738. The highest BCUT2D eigenvalue weighted by Crippen LogP contribution is 2.32. The van der Waals surface area contributed by atoms with E-state index in [1.807, 2.05) is 30.3 Å². The molecule has 0 nitrogen and oxygen atoms in total. The van der Waals surface area contributed by atoms with Crippen LogP contribution in [0.15, 0.2) is 36.4 Å². The number of benzene rings is 1. The largest absolute Gasteiger partial charge is 0.0843 e. The molecule has 0 saturated heterocycles. The van der Waals surface area contributed by atoms with E-state index in [4.69, 9.17) is 11.6 Å². The lowest BCUT2D eigenvalue weighted by molar-refractivity contribution is 0.289. The van der Waals surface area contributed by atoms with Crippen molar-refractivity contribution in [3.8, 4) is 11.8 Å². The highest BCUT2D eigenvalue weighted by Gasteiger charge is 2.18. The topological polar surface area (TPSA) is 0 Å². The average Bonchev–Trinajstić information content (AvgIpc) is 2.55. The normalized spacial score (nSPS) is 21.5. The van der Waals surface area contributed by atoms with Gasteiger partial charge in [-0.2, -0.15) is 0 Å². The van der Waals surface area contributed by atoms with Crippen molar-refractivity contribution in [3.05, 3.63) is 47.0 Å². The van der Waals surface area contributed by atoms with E-state index >= 15 is 0 Å². The van der Waals surface area contributed by atoms with Crippen LogP contribution in [0, 0.1) is 23.7 Å². The van der Waals surface area contributed by atoms with Gasteiger partial charge in [0, 0.05) is 10.6 Å². The van der Waals surface area contributed by atoms with Gasteiger partial charge in [-0.05, 0) is 67.9 Å². The number of rotatable bonds is 5. The van der Waals surface area contributed by atoms with E-state index in [1.54, 1.807) is 0 Å². The van der Waals surface area contributed by atoms with E-state index in [1.165, 1.54) is 51.4 Å². The Morgan fingerprint density at radius 3 is 2.50 bits per heavy atom. The average molecular weight is 315 g/mol. The summed E-state index contributed by atoms with van der Waals surface area (Å²) in [7, 11) is 0. The first kappa shape index (κ1) is 17.2. The van der Waals surface area contributed by atoms with Gasteiger partial charge in [-0.1, -0.05) is 62.1 Å². The van der Waals surface area contributed by atoms with E-state index in [2.05, 4.69) is 24.8 Å². The predicted octanol–water partition coefficient (Wildman–Crippen LogP) is 6.63. The summed E-state index contributed by atoms with van der Waals surface area (Å²) in [6.45, 7) is 2.28. The number of hydrogen-bond donors (Lipinski definition) is 0. The smallest absolute Gasteiger partial charge is 0.0406 e. The van der Waals surface area contributed by atoms with Gasteiger partial charge >= 0.3 is 0 Å². The van der Waals surface area contributed by atoms with Crippen molar-refractivity contribution in [2.75, 3.05) is 0 Å². The van der Waals surface area contributed by atoms with Gasteiger partial charge in [0.05, 0.1) is 0 Å². The minimum Gasteiger partial charge on any atom is -0.0843 e. The zero-order chi connectivity index (χ0) is 15.6. The first-order valence-electron chi connectivity index (χ1n) is 8.71. The molecule has 2 rings (SSSR count). The molecular weight excluding hydrogens is 288 g/mol. The SMILES string of the molecule is CCCCCC1CCC(C=CC#Cc2ccc(Cl)cc2)CC1. The molecule has 1 aromatic carbocycles. The molecule has 1 aromatic rings. The van der Waals surface area contributed by atoms with Crippen molar-refractivity contribution >= 4 is 11.6 Å². The van der Waals surface area contributed by atoms with Crippen LogP contribution in [0.2, 0.25) is 5.02 Å². The molecule has 1 aliphatic carbocycles. The third kappa shape index (κ3) is 6.29. The van der Waals surface area contributed by atoms with Gasteiger partial charge in [0.2, 0.25) is 0 Å². The summed E-state index contributed by atoms with van der Waals surface area (Å²) in [5, 5.41) is 0.761. The second kappa shape index (κ2) is 9.75. The fourth-order valence-corrected chi connectivity index (χ4v) is 3.32. The molecule has 1 saturated carbocycles. The van der Waals surface area contributed by atoms with Gasteiger partial charge in [0.15, 0.2) is 0 Å². The third-order valence-corrected chi connectivity index (χ3v) is 4.87.